The Morgan fingerprint density at radius 3 is 2.60 bits per heavy atom. The molecule has 2 aromatic carbocycles. The summed E-state index contributed by atoms with van der Waals surface area (Å²) in [6.07, 6.45) is 0.579. The summed E-state index contributed by atoms with van der Waals surface area (Å²) in [5, 5.41) is 1.02. The zero-order valence-corrected chi connectivity index (χ0v) is 12.1. The van der Waals surface area contributed by atoms with Gasteiger partial charge in [-0.05, 0) is 23.3 Å². The van der Waals surface area contributed by atoms with Crippen LogP contribution < -0.4 is 5.73 Å². The van der Waals surface area contributed by atoms with Crippen LogP contribution in [0.15, 0.2) is 40.8 Å². The molecule has 0 aliphatic carbocycles. The van der Waals surface area contributed by atoms with Crippen LogP contribution in [-0.4, -0.2) is 4.98 Å². The van der Waals surface area contributed by atoms with E-state index in [-0.39, 0.29) is 0 Å². The van der Waals surface area contributed by atoms with Gasteiger partial charge in [0.15, 0.2) is 11.5 Å². The van der Waals surface area contributed by atoms with E-state index >= 15 is 0 Å². The summed E-state index contributed by atoms with van der Waals surface area (Å²) >= 11 is 12.1. The molecule has 3 rings (SSSR count). The van der Waals surface area contributed by atoms with Crippen molar-refractivity contribution >= 4 is 34.3 Å². The maximum absolute atomic E-state index is 6.10. The van der Waals surface area contributed by atoms with Crippen molar-refractivity contribution in [3.05, 3.63) is 63.5 Å². The predicted molar refractivity (Wildman–Crippen MR) is 81.2 cm³/mol. The van der Waals surface area contributed by atoms with Crippen molar-refractivity contribution in [1.29, 1.82) is 0 Å². The standard InChI is InChI=1S/C15H12Cl2N2O/c16-11-6-12(17)15-13(7-11)19-14(20-15)5-9-3-1-2-4-10(9)8-18/h1-4,6-7H,5,8,18H2. The molecule has 102 valence electrons. The Balaban J connectivity index is 2.01. The minimum absolute atomic E-state index is 0.471. The van der Waals surface area contributed by atoms with E-state index in [2.05, 4.69) is 4.98 Å². The van der Waals surface area contributed by atoms with E-state index in [1.165, 1.54) is 0 Å². The number of halogens is 2. The third-order valence-electron chi connectivity index (χ3n) is 3.13. The van der Waals surface area contributed by atoms with Crippen molar-refractivity contribution in [2.24, 2.45) is 5.73 Å². The molecule has 0 spiro atoms. The summed E-state index contributed by atoms with van der Waals surface area (Å²) in [5.74, 6) is 0.602. The number of hydrogen-bond acceptors (Lipinski definition) is 3. The van der Waals surface area contributed by atoms with Gasteiger partial charge in [-0.3, -0.25) is 0 Å². The number of nitrogens with two attached hydrogens (primary N) is 1. The van der Waals surface area contributed by atoms with Gasteiger partial charge in [-0.2, -0.15) is 0 Å². The maximum atomic E-state index is 6.10. The first-order chi connectivity index (χ1) is 9.67. The lowest BCUT2D eigenvalue weighted by atomic mass is 10.0. The van der Waals surface area contributed by atoms with Gasteiger partial charge in [0, 0.05) is 18.0 Å². The lowest BCUT2D eigenvalue weighted by Gasteiger charge is -2.04. The normalized spacial score (nSPS) is 11.2. The highest BCUT2D eigenvalue weighted by Crippen LogP contribution is 2.29. The van der Waals surface area contributed by atoms with Gasteiger partial charge in [0.25, 0.3) is 0 Å². The van der Waals surface area contributed by atoms with Crippen LogP contribution in [0, 0.1) is 0 Å². The van der Waals surface area contributed by atoms with E-state index in [1.807, 2.05) is 24.3 Å². The molecule has 0 amide bonds. The number of aromatic nitrogens is 1. The van der Waals surface area contributed by atoms with Crippen LogP contribution >= 0.6 is 23.2 Å². The lowest BCUT2D eigenvalue weighted by Crippen LogP contribution is -2.01. The molecule has 20 heavy (non-hydrogen) atoms. The maximum Gasteiger partial charge on any atom is 0.199 e. The quantitative estimate of drug-likeness (QED) is 0.789. The summed E-state index contributed by atoms with van der Waals surface area (Å²) in [7, 11) is 0. The van der Waals surface area contributed by atoms with Crippen LogP contribution in [0.1, 0.15) is 17.0 Å². The predicted octanol–water partition coefficient (Wildman–Crippen LogP) is 4.18. The molecule has 0 unspecified atom stereocenters. The van der Waals surface area contributed by atoms with Gasteiger partial charge < -0.3 is 10.2 Å². The second kappa shape index (κ2) is 5.44. The van der Waals surface area contributed by atoms with E-state index in [9.17, 15) is 0 Å². The fourth-order valence-corrected chi connectivity index (χ4v) is 2.69. The first kappa shape index (κ1) is 13.4. The van der Waals surface area contributed by atoms with Crippen molar-refractivity contribution in [1.82, 2.24) is 4.98 Å². The number of benzene rings is 2. The van der Waals surface area contributed by atoms with Gasteiger partial charge >= 0.3 is 0 Å². The largest absolute Gasteiger partial charge is 0.439 e. The monoisotopic (exact) mass is 306 g/mol. The van der Waals surface area contributed by atoms with Crippen molar-refractivity contribution in [2.45, 2.75) is 13.0 Å². The molecule has 3 aromatic rings. The number of oxazole rings is 1. The lowest BCUT2D eigenvalue weighted by molar-refractivity contribution is 0.543. The number of nitrogens with zero attached hydrogens (tertiary/aromatic N) is 1. The molecule has 0 atom stereocenters. The first-order valence-electron chi connectivity index (χ1n) is 6.18. The molecule has 3 nitrogen and oxygen atoms in total. The zero-order chi connectivity index (χ0) is 14.1. The Kier molecular flexibility index (Phi) is 3.66. The minimum atomic E-state index is 0.471. The molecule has 2 N–H and O–H groups in total. The molecule has 0 saturated carbocycles. The highest BCUT2D eigenvalue weighted by Gasteiger charge is 2.12. The van der Waals surface area contributed by atoms with Crippen LogP contribution in [0.2, 0.25) is 10.0 Å². The molecule has 1 heterocycles. The van der Waals surface area contributed by atoms with Gasteiger partial charge in [0.1, 0.15) is 5.52 Å². The summed E-state index contributed by atoms with van der Waals surface area (Å²) in [5.41, 5.74) is 9.15. The van der Waals surface area contributed by atoms with Crippen LogP contribution in [0.3, 0.4) is 0 Å². The van der Waals surface area contributed by atoms with Crippen LogP contribution in [0.25, 0.3) is 11.1 Å². The van der Waals surface area contributed by atoms with Gasteiger partial charge in [-0.25, -0.2) is 4.98 Å². The topological polar surface area (TPSA) is 52.0 Å². The molecule has 0 aliphatic rings. The summed E-state index contributed by atoms with van der Waals surface area (Å²) in [6.45, 7) is 0.489. The fraction of sp³-hybridized carbons (Fsp3) is 0.133. The summed E-state index contributed by atoms with van der Waals surface area (Å²) in [6, 6.07) is 11.3. The fourth-order valence-electron chi connectivity index (χ4n) is 2.17. The summed E-state index contributed by atoms with van der Waals surface area (Å²) < 4.78 is 5.71. The molecule has 5 heteroatoms. The van der Waals surface area contributed by atoms with Gasteiger partial charge in [-0.1, -0.05) is 47.5 Å². The second-order valence-corrected chi connectivity index (χ2v) is 5.34. The van der Waals surface area contributed by atoms with Crippen molar-refractivity contribution in [2.75, 3.05) is 0 Å². The molecule has 1 aromatic heterocycles. The Morgan fingerprint density at radius 2 is 1.85 bits per heavy atom. The highest BCUT2D eigenvalue weighted by atomic mass is 35.5. The molecule has 0 radical (unpaired) electrons. The van der Waals surface area contributed by atoms with E-state index in [0.717, 1.165) is 11.1 Å². The Hall–Kier alpha value is -1.55. The Bertz CT molecular complexity index is 768. The van der Waals surface area contributed by atoms with E-state index in [0.29, 0.717) is 40.0 Å². The average Bonchev–Trinajstić information content (AvgIpc) is 2.82. The third kappa shape index (κ3) is 2.52. The van der Waals surface area contributed by atoms with E-state index in [1.54, 1.807) is 12.1 Å². The Labute approximate surface area is 126 Å². The molecule has 0 aliphatic heterocycles. The first-order valence-corrected chi connectivity index (χ1v) is 6.94. The average molecular weight is 307 g/mol. The smallest absolute Gasteiger partial charge is 0.199 e. The van der Waals surface area contributed by atoms with Gasteiger partial charge in [-0.15, -0.1) is 0 Å². The SMILES string of the molecule is NCc1ccccc1Cc1nc2cc(Cl)cc(Cl)c2o1. The number of fused-ring (bicyclic) bond motifs is 1. The summed E-state index contributed by atoms with van der Waals surface area (Å²) in [4.78, 5) is 4.43. The minimum Gasteiger partial charge on any atom is -0.439 e. The van der Waals surface area contributed by atoms with Crippen LogP contribution in [0.4, 0.5) is 0 Å². The van der Waals surface area contributed by atoms with Crippen molar-refractivity contribution in [3.8, 4) is 0 Å². The molecular formula is C15H12Cl2N2O. The molecule has 0 bridgehead atoms. The van der Waals surface area contributed by atoms with Crippen molar-refractivity contribution < 1.29 is 4.42 Å². The Morgan fingerprint density at radius 1 is 1.10 bits per heavy atom. The number of rotatable bonds is 3. The molecular weight excluding hydrogens is 295 g/mol. The third-order valence-corrected chi connectivity index (χ3v) is 3.63. The van der Waals surface area contributed by atoms with E-state index < -0.39 is 0 Å². The second-order valence-electron chi connectivity index (χ2n) is 4.49. The van der Waals surface area contributed by atoms with Gasteiger partial charge in [0.05, 0.1) is 5.02 Å². The zero-order valence-electron chi connectivity index (χ0n) is 10.6. The van der Waals surface area contributed by atoms with Crippen LogP contribution in [-0.2, 0) is 13.0 Å². The number of hydrogen-bond donors (Lipinski definition) is 1. The van der Waals surface area contributed by atoms with E-state index in [4.69, 9.17) is 33.4 Å². The molecule has 0 fully saturated rings. The van der Waals surface area contributed by atoms with Crippen molar-refractivity contribution in [3.63, 3.8) is 0 Å². The van der Waals surface area contributed by atoms with Crippen LogP contribution in [0.5, 0.6) is 0 Å². The highest BCUT2D eigenvalue weighted by molar-refractivity contribution is 6.37. The van der Waals surface area contributed by atoms with Gasteiger partial charge in [0.2, 0.25) is 0 Å². The molecule has 0 saturated heterocycles.